The summed E-state index contributed by atoms with van der Waals surface area (Å²) in [5.41, 5.74) is 6.97. The van der Waals surface area contributed by atoms with E-state index in [1.165, 1.54) is 16.7 Å². The number of nitrogens with zero attached hydrogens (tertiary/aromatic N) is 2. The lowest BCUT2D eigenvalue weighted by atomic mass is 9.85. The molecule has 2 heterocycles. The molecule has 0 amide bonds. The molecule has 4 aromatic rings. The van der Waals surface area contributed by atoms with Gasteiger partial charge in [-0.15, -0.1) is 0 Å². The lowest BCUT2D eigenvalue weighted by Crippen LogP contribution is -2.52. The van der Waals surface area contributed by atoms with Crippen LogP contribution in [0.2, 0.25) is 0 Å². The smallest absolute Gasteiger partial charge is 0.306 e. The van der Waals surface area contributed by atoms with Gasteiger partial charge in [0.2, 0.25) is 0 Å². The summed E-state index contributed by atoms with van der Waals surface area (Å²) in [5.74, 6) is 4.61. The van der Waals surface area contributed by atoms with Gasteiger partial charge >= 0.3 is 11.9 Å². The molecule has 14 nitrogen and oxygen atoms in total. The number of carbonyl (C=O) groups is 2. The van der Waals surface area contributed by atoms with Crippen LogP contribution in [0.25, 0.3) is 0 Å². The number of rotatable bonds is 22. The number of quaternary nitrogens is 2. The molecule has 0 spiro atoms. The monoisotopic (exact) mass is 900 g/mol. The van der Waals surface area contributed by atoms with Crippen LogP contribution in [0.15, 0.2) is 60.7 Å². The molecule has 4 unspecified atom stereocenters. The standard InChI is InChI=1S/C51H68N2O12/c1-52(23-19-35-29-45(60-7)47(62-9)32-38(35)40(52)27-34-13-15-41(56-3)43(28-34)58-5)21-11-25-64-49(54)17-18-50(55)65-26-12-22-53(2)24-20-36-30-46(61-8)48(63-10)33-39(36)51(53)37-14-16-42(57-4)44(31-37)59-6/h13-16,28-33,40,51H,11-12,17-27H2,1-10H3/q+2. The second-order valence-corrected chi connectivity index (χ2v) is 17.2. The summed E-state index contributed by atoms with van der Waals surface area (Å²) in [5, 5.41) is 0. The highest BCUT2D eigenvalue weighted by Gasteiger charge is 2.42. The predicted molar refractivity (Wildman–Crippen MR) is 246 cm³/mol. The Hall–Kier alpha value is -5.86. The van der Waals surface area contributed by atoms with Crippen LogP contribution in [-0.4, -0.2) is 131 Å². The first kappa shape index (κ1) is 48.6. The van der Waals surface area contributed by atoms with Crippen LogP contribution < -0.4 is 37.9 Å². The van der Waals surface area contributed by atoms with Crippen molar-refractivity contribution in [1.29, 1.82) is 0 Å². The number of esters is 2. The van der Waals surface area contributed by atoms with Crippen molar-refractivity contribution in [3.8, 4) is 46.0 Å². The maximum Gasteiger partial charge on any atom is 0.306 e. The first-order chi connectivity index (χ1) is 31.4. The van der Waals surface area contributed by atoms with Crippen LogP contribution in [0.5, 0.6) is 46.0 Å². The van der Waals surface area contributed by atoms with Crippen molar-refractivity contribution in [2.45, 2.75) is 57.0 Å². The molecule has 0 aromatic heterocycles. The zero-order valence-corrected chi connectivity index (χ0v) is 39.9. The number of likely N-dealkylation sites (N-methyl/N-ethyl adjacent to an activating group) is 2. The fourth-order valence-corrected chi connectivity index (χ4v) is 9.78. The van der Waals surface area contributed by atoms with E-state index in [9.17, 15) is 9.59 Å². The van der Waals surface area contributed by atoms with E-state index in [0.717, 1.165) is 66.6 Å². The third kappa shape index (κ3) is 11.0. The van der Waals surface area contributed by atoms with Crippen molar-refractivity contribution in [3.05, 3.63) is 94.0 Å². The van der Waals surface area contributed by atoms with Crippen LogP contribution in [0, 0.1) is 0 Å². The van der Waals surface area contributed by atoms with Crippen molar-refractivity contribution in [1.82, 2.24) is 0 Å². The van der Waals surface area contributed by atoms with E-state index >= 15 is 0 Å². The largest absolute Gasteiger partial charge is 0.493 e. The number of hydrogen-bond donors (Lipinski definition) is 0. The summed E-state index contributed by atoms with van der Waals surface area (Å²) in [6, 6.07) is 20.5. The fraction of sp³-hybridized carbons (Fsp3) is 0.490. The summed E-state index contributed by atoms with van der Waals surface area (Å²) in [6.07, 6.45) is 3.66. The minimum atomic E-state index is -0.419. The summed E-state index contributed by atoms with van der Waals surface area (Å²) in [4.78, 5) is 25.8. The van der Waals surface area contributed by atoms with E-state index in [2.05, 4.69) is 50.5 Å². The molecule has 2 aliphatic heterocycles. The van der Waals surface area contributed by atoms with Gasteiger partial charge in [0.1, 0.15) is 12.1 Å². The van der Waals surface area contributed by atoms with Crippen molar-refractivity contribution in [3.63, 3.8) is 0 Å². The molecule has 65 heavy (non-hydrogen) atoms. The van der Waals surface area contributed by atoms with Crippen molar-refractivity contribution in [2.75, 3.05) is 110 Å². The van der Waals surface area contributed by atoms with Crippen LogP contribution in [0.4, 0.5) is 0 Å². The average Bonchev–Trinajstić information content (AvgIpc) is 3.33. The first-order valence-corrected chi connectivity index (χ1v) is 22.3. The number of fused-ring (bicyclic) bond motifs is 2. The highest BCUT2D eigenvalue weighted by Crippen LogP contribution is 2.46. The van der Waals surface area contributed by atoms with Gasteiger partial charge in [-0.3, -0.25) is 9.59 Å². The Morgan fingerprint density at radius 1 is 0.508 bits per heavy atom. The molecule has 4 aromatic carbocycles. The molecule has 0 bridgehead atoms. The van der Waals surface area contributed by atoms with Crippen LogP contribution in [0.3, 0.4) is 0 Å². The molecule has 352 valence electrons. The molecule has 0 saturated carbocycles. The van der Waals surface area contributed by atoms with E-state index < -0.39 is 11.9 Å². The van der Waals surface area contributed by atoms with E-state index in [-0.39, 0.29) is 38.1 Å². The summed E-state index contributed by atoms with van der Waals surface area (Å²) < 4.78 is 57.9. The van der Waals surface area contributed by atoms with Gasteiger partial charge in [-0.25, -0.2) is 0 Å². The Morgan fingerprint density at radius 3 is 1.48 bits per heavy atom. The second kappa shape index (κ2) is 21.9. The van der Waals surface area contributed by atoms with Crippen molar-refractivity contribution < 1.29 is 65.9 Å². The summed E-state index contributed by atoms with van der Waals surface area (Å²) in [7, 11) is 17.7. The van der Waals surface area contributed by atoms with E-state index in [1.54, 1.807) is 56.9 Å². The third-order valence-electron chi connectivity index (χ3n) is 13.4. The normalized spacial score (nSPS) is 19.8. The maximum atomic E-state index is 12.9. The van der Waals surface area contributed by atoms with E-state index in [4.69, 9.17) is 47.4 Å². The van der Waals surface area contributed by atoms with Gasteiger partial charge in [0.05, 0.1) is 123 Å². The Morgan fingerprint density at radius 2 is 0.938 bits per heavy atom. The average molecular weight is 901 g/mol. The summed E-state index contributed by atoms with van der Waals surface area (Å²) in [6.45, 7) is 3.76. The first-order valence-electron chi connectivity index (χ1n) is 22.3. The Kier molecular flexibility index (Phi) is 16.4. The van der Waals surface area contributed by atoms with Gasteiger partial charge < -0.3 is 56.3 Å². The molecule has 2 aliphatic rings. The lowest BCUT2D eigenvalue weighted by Gasteiger charge is -2.46. The zero-order valence-electron chi connectivity index (χ0n) is 39.9. The number of benzene rings is 4. The Balaban J connectivity index is 1.02. The van der Waals surface area contributed by atoms with Gasteiger partial charge in [0, 0.05) is 48.8 Å². The SMILES string of the molecule is COc1ccc(CC2c3cc(OC)c(OC)cc3CC[N+]2(C)CCCOC(=O)CCC(=O)OCCC[N+]2(C)CCc3cc(OC)c(OC)cc3C2c2ccc(OC)c(OC)c2)cc1OC. The Bertz CT molecular complexity index is 2280. The molecule has 0 aliphatic carbocycles. The maximum absolute atomic E-state index is 12.9. The Labute approximate surface area is 384 Å². The zero-order chi connectivity index (χ0) is 46.7. The number of hydrogen-bond acceptors (Lipinski definition) is 12. The van der Waals surface area contributed by atoms with Gasteiger partial charge in [-0.05, 0) is 71.3 Å². The summed E-state index contributed by atoms with van der Waals surface area (Å²) >= 11 is 0. The van der Waals surface area contributed by atoms with Crippen molar-refractivity contribution >= 4 is 11.9 Å². The van der Waals surface area contributed by atoms with Crippen molar-refractivity contribution in [2.24, 2.45) is 0 Å². The molecule has 6 rings (SSSR count). The van der Waals surface area contributed by atoms with Gasteiger partial charge in [-0.1, -0.05) is 6.07 Å². The molecule has 14 heteroatoms. The van der Waals surface area contributed by atoms with Crippen LogP contribution in [-0.2, 0) is 38.3 Å². The minimum absolute atomic E-state index is 0.0425. The molecular formula is C51H68N2O12+2. The quantitative estimate of drug-likeness (QED) is 0.0441. The third-order valence-corrected chi connectivity index (χ3v) is 13.4. The van der Waals surface area contributed by atoms with Crippen LogP contribution >= 0.6 is 0 Å². The lowest BCUT2D eigenvalue weighted by molar-refractivity contribution is -0.941. The highest BCUT2D eigenvalue weighted by molar-refractivity contribution is 5.77. The van der Waals surface area contributed by atoms with E-state index in [0.29, 0.717) is 63.3 Å². The number of carbonyl (C=O) groups excluding carboxylic acids is 2. The molecule has 0 saturated heterocycles. The molecule has 0 fully saturated rings. The van der Waals surface area contributed by atoms with Gasteiger partial charge in [0.25, 0.3) is 0 Å². The van der Waals surface area contributed by atoms with Gasteiger partial charge in [0.15, 0.2) is 46.0 Å². The van der Waals surface area contributed by atoms with Crippen LogP contribution in [0.1, 0.15) is 71.1 Å². The fourth-order valence-electron chi connectivity index (χ4n) is 9.78. The highest BCUT2D eigenvalue weighted by atomic mass is 16.5. The van der Waals surface area contributed by atoms with Gasteiger partial charge in [-0.2, -0.15) is 0 Å². The minimum Gasteiger partial charge on any atom is -0.493 e. The molecule has 0 radical (unpaired) electrons. The molecule has 0 N–H and O–H groups in total. The predicted octanol–water partition coefficient (Wildman–Crippen LogP) is 7.48. The number of ether oxygens (including phenoxy) is 10. The topological polar surface area (TPSA) is 126 Å². The molecule has 4 atom stereocenters. The second-order valence-electron chi connectivity index (χ2n) is 17.2. The van der Waals surface area contributed by atoms with E-state index in [1.807, 2.05) is 24.3 Å². The number of methoxy groups -OCH3 is 8. The molecular weight excluding hydrogens is 833 g/mol.